The van der Waals surface area contributed by atoms with E-state index in [-0.39, 0.29) is 0 Å². The van der Waals surface area contributed by atoms with Gasteiger partial charge in [-0.15, -0.1) is 0 Å². The third-order valence-corrected chi connectivity index (χ3v) is 2.68. The second-order valence-corrected chi connectivity index (χ2v) is 3.85. The molecule has 0 atom stereocenters. The summed E-state index contributed by atoms with van der Waals surface area (Å²) in [6, 6.07) is 7.63. The van der Waals surface area contributed by atoms with Crippen LogP contribution in [0.15, 0.2) is 36.7 Å². The first kappa shape index (κ1) is 12.0. The highest BCUT2D eigenvalue weighted by molar-refractivity contribution is 5.89. The third kappa shape index (κ3) is 2.45. The molecule has 1 heterocycles. The molecule has 0 saturated carbocycles. The number of nitrogens with zero attached hydrogens (tertiary/aromatic N) is 2. The molecule has 92 valence electrons. The van der Waals surface area contributed by atoms with Crippen molar-refractivity contribution in [2.75, 3.05) is 0 Å². The largest absolute Gasteiger partial charge is 0.346 e. The molecule has 0 N–H and O–H groups in total. The second-order valence-electron chi connectivity index (χ2n) is 3.85. The summed E-state index contributed by atoms with van der Waals surface area (Å²) in [7, 11) is 0. The zero-order valence-corrected chi connectivity index (χ0v) is 9.65. The second kappa shape index (κ2) is 5.27. The van der Waals surface area contributed by atoms with E-state index < -0.39 is 4.92 Å². The van der Waals surface area contributed by atoms with Gasteiger partial charge >= 0.3 is 0 Å². The first-order chi connectivity index (χ1) is 8.72. The molecule has 0 aliphatic heterocycles. The minimum Gasteiger partial charge on any atom is -0.346 e. The van der Waals surface area contributed by atoms with Crippen molar-refractivity contribution in [3.63, 3.8) is 0 Å². The van der Waals surface area contributed by atoms with Crippen LogP contribution < -0.4 is 0 Å². The average molecular weight is 244 g/mol. The van der Waals surface area contributed by atoms with Crippen LogP contribution in [0.25, 0.3) is 17.0 Å². The summed E-state index contributed by atoms with van der Waals surface area (Å²) in [5.74, 6) is 0. The van der Waals surface area contributed by atoms with Gasteiger partial charge in [0.15, 0.2) is 0 Å². The predicted octanol–water partition coefficient (Wildman–Crippen LogP) is 2.48. The van der Waals surface area contributed by atoms with Crippen LogP contribution in [0.2, 0.25) is 0 Å². The van der Waals surface area contributed by atoms with Crippen molar-refractivity contribution >= 4 is 23.3 Å². The number of para-hydroxylation sites is 1. The molecule has 0 amide bonds. The van der Waals surface area contributed by atoms with Crippen molar-refractivity contribution in [2.24, 2.45) is 0 Å². The number of benzene rings is 1. The predicted molar refractivity (Wildman–Crippen MR) is 68.6 cm³/mol. The van der Waals surface area contributed by atoms with Gasteiger partial charge in [0.1, 0.15) is 6.29 Å². The topological polar surface area (TPSA) is 65.1 Å². The molecule has 0 fully saturated rings. The summed E-state index contributed by atoms with van der Waals surface area (Å²) < 4.78 is 1.93. The number of carbonyl (C=O) groups excluding carboxylic acids is 1. The van der Waals surface area contributed by atoms with Crippen LogP contribution in [0, 0.1) is 10.1 Å². The monoisotopic (exact) mass is 244 g/mol. The number of aryl methyl sites for hydroxylation is 1. The molecule has 0 radical (unpaired) electrons. The van der Waals surface area contributed by atoms with Crippen molar-refractivity contribution in [1.82, 2.24) is 4.57 Å². The fraction of sp³-hybridized carbons (Fsp3) is 0.154. The maximum absolute atomic E-state index is 10.4. The molecule has 0 spiro atoms. The summed E-state index contributed by atoms with van der Waals surface area (Å²) in [6.45, 7) is 0.580. The number of nitro groups is 1. The van der Waals surface area contributed by atoms with E-state index in [1.165, 1.54) is 6.08 Å². The summed E-state index contributed by atoms with van der Waals surface area (Å²) in [5, 5.41) is 11.3. The minimum atomic E-state index is -0.489. The Morgan fingerprint density at radius 3 is 2.83 bits per heavy atom. The van der Waals surface area contributed by atoms with Crippen LogP contribution in [0.3, 0.4) is 0 Å². The van der Waals surface area contributed by atoms with E-state index in [0.717, 1.165) is 29.0 Å². The molecule has 2 rings (SSSR count). The van der Waals surface area contributed by atoms with Gasteiger partial charge in [0.2, 0.25) is 6.20 Å². The normalized spacial score (nSPS) is 11.1. The van der Waals surface area contributed by atoms with Crippen LogP contribution in [-0.4, -0.2) is 15.8 Å². The van der Waals surface area contributed by atoms with Gasteiger partial charge in [-0.3, -0.25) is 10.1 Å². The molecule has 0 unspecified atom stereocenters. The number of carbonyl (C=O) groups is 1. The molecule has 0 saturated heterocycles. The lowest BCUT2D eigenvalue weighted by Crippen LogP contribution is -1.95. The number of aromatic nitrogens is 1. The van der Waals surface area contributed by atoms with E-state index in [9.17, 15) is 14.9 Å². The maximum Gasteiger partial charge on any atom is 0.235 e. The molecular formula is C13H12N2O3. The first-order valence-electron chi connectivity index (χ1n) is 5.55. The fourth-order valence-corrected chi connectivity index (χ4v) is 1.93. The standard InChI is InChI=1S/C13H12N2O3/c16-9-3-7-14-10-11(6-8-15(17)18)12-4-1-2-5-13(12)14/h1-2,4-6,8-10H,3,7H2/b8-6+. The van der Waals surface area contributed by atoms with Crippen LogP contribution in [-0.2, 0) is 11.3 Å². The number of rotatable bonds is 5. The Labute approximate surface area is 103 Å². The first-order valence-corrected chi connectivity index (χ1v) is 5.55. The molecule has 18 heavy (non-hydrogen) atoms. The SMILES string of the molecule is O=CCCn1cc(/C=C/[N+](=O)[O-])c2ccccc21. The average Bonchev–Trinajstić information content (AvgIpc) is 2.72. The Bertz CT molecular complexity index is 614. The van der Waals surface area contributed by atoms with Crippen molar-refractivity contribution in [1.29, 1.82) is 0 Å². The van der Waals surface area contributed by atoms with Gasteiger partial charge in [-0.1, -0.05) is 18.2 Å². The molecule has 0 aliphatic carbocycles. The minimum absolute atomic E-state index is 0.428. The number of fused-ring (bicyclic) bond motifs is 1. The van der Waals surface area contributed by atoms with Crippen molar-refractivity contribution in [2.45, 2.75) is 13.0 Å². The van der Waals surface area contributed by atoms with Gasteiger partial charge in [-0.25, -0.2) is 0 Å². The van der Waals surface area contributed by atoms with E-state index in [2.05, 4.69) is 0 Å². The highest BCUT2D eigenvalue weighted by Crippen LogP contribution is 2.22. The molecule has 2 aromatic rings. The van der Waals surface area contributed by atoms with E-state index in [4.69, 9.17) is 0 Å². The Morgan fingerprint density at radius 1 is 1.33 bits per heavy atom. The van der Waals surface area contributed by atoms with E-state index in [1.54, 1.807) is 0 Å². The van der Waals surface area contributed by atoms with Crippen molar-refractivity contribution < 1.29 is 9.72 Å². The summed E-state index contributed by atoms with van der Waals surface area (Å²) in [5.41, 5.74) is 1.76. The van der Waals surface area contributed by atoms with Crippen LogP contribution in [0.5, 0.6) is 0 Å². The zero-order chi connectivity index (χ0) is 13.0. The van der Waals surface area contributed by atoms with E-state index in [1.807, 2.05) is 35.0 Å². The molecule has 1 aromatic carbocycles. The van der Waals surface area contributed by atoms with Crippen molar-refractivity contribution in [3.8, 4) is 0 Å². The van der Waals surface area contributed by atoms with Crippen LogP contribution in [0.4, 0.5) is 0 Å². The van der Waals surface area contributed by atoms with Gasteiger partial charge in [0.05, 0.1) is 4.92 Å². The van der Waals surface area contributed by atoms with E-state index >= 15 is 0 Å². The number of aldehydes is 1. The van der Waals surface area contributed by atoms with Crippen LogP contribution >= 0.6 is 0 Å². The highest BCUT2D eigenvalue weighted by atomic mass is 16.6. The summed E-state index contributed by atoms with van der Waals surface area (Å²) in [6.07, 6.45) is 5.51. The number of hydrogen-bond acceptors (Lipinski definition) is 3. The molecule has 1 aromatic heterocycles. The lowest BCUT2D eigenvalue weighted by atomic mass is 10.2. The quantitative estimate of drug-likeness (QED) is 0.461. The molecular weight excluding hydrogens is 232 g/mol. The lowest BCUT2D eigenvalue weighted by molar-refractivity contribution is -0.400. The molecule has 0 bridgehead atoms. The van der Waals surface area contributed by atoms with Gasteiger partial charge in [-0.2, -0.15) is 0 Å². The Kier molecular flexibility index (Phi) is 3.52. The van der Waals surface area contributed by atoms with Crippen LogP contribution in [0.1, 0.15) is 12.0 Å². The Balaban J connectivity index is 2.46. The molecule has 0 aliphatic rings. The Morgan fingerprint density at radius 2 is 2.11 bits per heavy atom. The Hall–Kier alpha value is -2.43. The lowest BCUT2D eigenvalue weighted by Gasteiger charge is -2.00. The molecule has 5 heteroatoms. The summed E-state index contributed by atoms with van der Waals surface area (Å²) >= 11 is 0. The third-order valence-electron chi connectivity index (χ3n) is 2.68. The summed E-state index contributed by atoms with van der Waals surface area (Å²) in [4.78, 5) is 20.3. The van der Waals surface area contributed by atoms with Crippen molar-refractivity contribution in [3.05, 3.63) is 52.3 Å². The van der Waals surface area contributed by atoms with Gasteiger partial charge in [0.25, 0.3) is 0 Å². The van der Waals surface area contributed by atoms with Gasteiger partial charge in [-0.05, 0) is 6.07 Å². The van der Waals surface area contributed by atoms with Gasteiger partial charge < -0.3 is 9.36 Å². The number of hydrogen-bond donors (Lipinski definition) is 0. The fourth-order valence-electron chi connectivity index (χ4n) is 1.93. The smallest absolute Gasteiger partial charge is 0.235 e. The molecule has 5 nitrogen and oxygen atoms in total. The van der Waals surface area contributed by atoms with E-state index in [0.29, 0.717) is 13.0 Å². The zero-order valence-electron chi connectivity index (χ0n) is 9.65. The highest BCUT2D eigenvalue weighted by Gasteiger charge is 2.06. The van der Waals surface area contributed by atoms with Gasteiger partial charge in [0, 0.05) is 41.7 Å². The maximum atomic E-state index is 10.4.